The Morgan fingerprint density at radius 2 is 2.04 bits per heavy atom. The molecule has 0 saturated heterocycles. The monoisotopic (exact) mass is 416 g/mol. The molecule has 7 heteroatoms. The maximum atomic E-state index is 5.76. The molecular formula is C18H17BrN4OS. The van der Waals surface area contributed by atoms with Gasteiger partial charge >= 0.3 is 0 Å². The number of ether oxygens (including phenoxy) is 1. The van der Waals surface area contributed by atoms with E-state index < -0.39 is 0 Å². The van der Waals surface area contributed by atoms with Crippen LogP contribution in [0.25, 0.3) is 11.4 Å². The van der Waals surface area contributed by atoms with Gasteiger partial charge in [0.1, 0.15) is 5.75 Å². The zero-order chi connectivity index (χ0) is 17.5. The van der Waals surface area contributed by atoms with E-state index in [4.69, 9.17) is 4.74 Å². The van der Waals surface area contributed by atoms with Crippen LogP contribution in [0.2, 0.25) is 0 Å². The van der Waals surface area contributed by atoms with E-state index in [2.05, 4.69) is 37.7 Å². The predicted molar refractivity (Wildman–Crippen MR) is 104 cm³/mol. The Bertz CT molecular complexity index is 838. The van der Waals surface area contributed by atoms with Crippen molar-refractivity contribution < 1.29 is 4.74 Å². The van der Waals surface area contributed by atoms with Gasteiger partial charge in [0.15, 0.2) is 11.0 Å². The molecule has 3 aromatic rings. The Kier molecular flexibility index (Phi) is 6.25. The number of hydrogen-bond donors (Lipinski definition) is 0. The molecule has 25 heavy (non-hydrogen) atoms. The Morgan fingerprint density at radius 1 is 1.20 bits per heavy atom. The molecule has 0 unspecified atom stereocenters. The van der Waals surface area contributed by atoms with Gasteiger partial charge in [0.05, 0.1) is 6.61 Å². The molecule has 0 atom stereocenters. The molecule has 0 aliphatic heterocycles. The van der Waals surface area contributed by atoms with Gasteiger partial charge in [0, 0.05) is 34.7 Å². The van der Waals surface area contributed by atoms with E-state index in [9.17, 15) is 0 Å². The third-order valence-electron chi connectivity index (χ3n) is 3.35. The van der Waals surface area contributed by atoms with E-state index in [1.165, 1.54) is 0 Å². The van der Waals surface area contributed by atoms with Crippen LogP contribution < -0.4 is 4.74 Å². The number of aromatic nitrogens is 4. The largest absolute Gasteiger partial charge is 0.493 e. The highest BCUT2D eigenvalue weighted by molar-refractivity contribution is 9.10. The summed E-state index contributed by atoms with van der Waals surface area (Å²) in [6.07, 6.45) is 5.35. The van der Waals surface area contributed by atoms with Crippen LogP contribution in [0.5, 0.6) is 5.75 Å². The average Bonchev–Trinajstić information content (AvgIpc) is 3.03. The van der Waals surface area contributed by atoms with E-state index in [0.29, 0.717) is 13.2 Å². The van der Waals surface area contributed by atoms with Gasteiger partial charge in [-0.25, -0.2) is 0 Å². The van der Waals surface area contributed by atoms with E-state index in [-0.39, 0.29) is 0 Å². The predicted octanol–water partition coefficient (Wildman–Crippen LogP) is 4.46. The van der Waals surface area contributed by atoms with Crippen molar-refractivity contribution in [3.05, 3.63) is 65.9 Å². The number of nitrogens with zero attached hydrogens (tertiary/aromatic N) is 4. The standard InChI is InChI=1S/C18H17BrN4OS/c1-2-10-23-17(14-6-8-20-9-7-14)21-22-18(23)25-12-11-24-16-5-3-4-15(19)13-16/h2-9,13H,1,10-12H2. The van der Waals surface area contributed by atoms with Crippen molar-refractivity contribution in [1.82, 2.24) is 19.7 Å². The second kappa shape index (κ2) is 8.82. The summed E-state index contributed by atoms with van der Waals surface area (Å²) < 4.78 is 8.82. The van der Waals surface area contributed by atoms with Crippen LogP contribution in [-0.2, 0) is 6.54 Å². The molecule has 1 aromatic carbocycles. The van der Waals surface area contributed by atoms with Crippen LogP contribution in [-0.4, -0.2) is 32.1 Å². The summed E-state index contributed by atoms with van der Waals surface area (Å²) in [5.74, 6) is 2.44. The summed E-state index contributed by atoms with van der Waals surface area (Å²) in [5, 5.41) is 9.49. The molecule has 2 heterocycles. The van der Waals surface area contributed by atoms with E-state index in [0.717, 1.165) is 32.5 Å². The zero-order valence-electron chi connectivity index (χ0n) is 13.5. The number of hydrogen-bond acceptors (Lipinski definition) is 5. The lowest BCUT2D eigenvalue weighted by molar-refractivity contribution is 0.343. The number of thioether (sulfide) groups is 1. The van der Waals surface area contributed by atoms with Crippen LogP contribution in [0, 0.1) is 0 Å². The van der Waals surface area contributed by atoms with Crippen LogP contribution in [0.1, 0.15) is 0 Å². The molecule has 3 rings (SSSR count). The van der Waals surface area contributed by atoms with Gasteiger partial charge in [0.25, 0.3) is 0 Å². The van der Waals surface area contributed by atoms with Crippen LogP contribution in [0.15, 0.2) is 71.1 Å². The van der Waals surface area contributed by atoms with Gasteiger partial charge in [-0.15, -0.1) is 16.8 Å². The second-order valence-electron chi connectivity index (χ2n) is 5.10. The van der Waals surface area contributed by atoms with Crippen molar-refractivity contribution in [2.75, 3.05) is 12.4 Å². The van der Waals surface area contributed by atoms with Gasteiger partial charge in [-0.1, -0.05) is 39.8 Å². The van der Waals surface area contributed by atoms with Crippen LogP contribution >= 0.6 is 27.7 Å². The van der Waals surface area contributed by atoms with Gasteiger partial charge in [-0.2, -0.15) is 0 Å². The Balaban J connectivity index is 1.64. The Hall–Kier alpha value is -2.12. The topological polar surface area (TPSA) is 52.8 Å². The van der Waals surface area contributed by atoms with E-state index in [1.807, 2.05) is 47.0 Å². The highest BCUT2D eigenvalue weighted by Gasteiger charge is 2.13. The molecular weight excluding hydrogens is 400 g/mol. The van der Waals surface area contributed by atoms with Gasteiger partial charge < -0.3 is 4.74 Å². The van der Waals surface area contributed by atoms with Crippen molar-refractivity contribution in [3.63, 3.8) is 0 Å². The fourth-order valence-corrected chi connectivity index (χ4v) is 3.40. The number of rotatable bonds is 8. The maximum absolute atomic E-state index is 5.76. The highest BCUT2D eigenvalue weighted by atomic mass is 79.9. The maximum Gasteiger partial charge on any atom is 0.191 e. The first-order chi connectivity index (χ1) is 12.3. The summed E-state index contributed by atoms with van der Waals surface area (Å²) >= 11 is 5.05. The molecule has 0 fully saturated rings. The number of halogens is 1. The molecule has 0 aliphatic carbocycles. The van der Waals surface area contributed by atoms with Gasteiger partial charge in [-0.05, 0) is 30.3 Å². The molecule has 0 saturated carbocycles. The third-order valence-corrected chi connectivity index (χ3v) is 4.77. The van der Waals surface area contributed by atoms with Crippen LogP contribution in [0.4, 0.5) is 0 Å². The van der Waals surface area contributed by atoms with Crippen LogP contribution in [0.3, 0.4) is 0 Å². The quantitative estimate of drug-likeness (QED) is 0.308. The van der Waals surface area contributed by atoms with Gasteiger partial charge in [-0.3, -0.25) is 9.55 Å². The van der Waals surface area contributed by atoms with Gasteiger partial charge in [0.2, 0.25) is 0 Å². The normalized spacial score (nSPS) is 10.6. The lowest BCUT2D eigenvalue weighted by Crippen LogP contribution is -2.04. The second-order valence-corrected chi connectivity index (χ2v) is 7.07. The first-order valence-electron chi connectivity index (χ1n) is 7.73. The van der Waals surface area contributed by atoms with Crippen molar-refractivity contribution in [1.29, 1.82) is 0 Å². The minimum absolute atomic E-state index is 0.590. The van der Waals surface area contributed by atoms with Crippen molar-refractivity contribution in [2.45, 2.75) is 11.7 Å². The fraction of sp³-hybridized carbons (Fsp3) is 0.167. The van der Waals surface area contributed by atoms with E-state index >= 15 is 0 Å². The lowest BCUT2D eigenvalue weighted by Gasteiger charge is -2.08. The van der Waals surface area contributed by atoms with Crippen molar-refractivity contribution in [3.8, 4) is 17.1 Å². The molecule has 0 radical (unpaired) electrons. The first kappa shape index (κ1) is 17.7. The summed E-state index contributed by atoms with van der Waals surface area (Å²) in [5.41, 5.74) is 0.988. The molecule has 0 aliphatic rings. The Labute approximate surface area is 159 Å². The minimum atomic E-state index is 0.590. The van der Waals surface area contributed by atoms with Crippen molar-refractivity contribution >= 4 is 27.7 Å². The SMILES string of the molecule is C=CCn1c(SCCOc2cccc(Br)c2)nnc1-c1ccncc1. The summed E-state index contributed by atoms with van der Waals surface area (Å²) in [7, 11) is 0. The number of allylic oxidation sites excluding steroid dienone is 1. The molecule has 0 spiro atoms. The molecule has 2 aromatic heterocycles. The molecule has 0 N–H and O–H groups in total. The first-order valence-corrected chi connectivity index (χ1v) is 9.51. The summed E-state index contributed by atoms with van der Waals surface area (Å²) in [6.45, 7) is 5.07. The lowest BCUT2D eigenvalue weighted by atomic mass is 10.2. The number of pyridine rings is 1. The molecule has 5 nitrogen and oxygen atoms in total. The summed E-state index contributed by atoms with van der Waals surface area (Å²) in [6, 6.07) is 11.7. The molecule has 0 bridgehead atoms. The highest BCUT2D eigenvalue weighted by Crippen LogP contribution is 2.24. The zero-order valence-corrected chi connectivity index (χ0v) is 15.9. The molecule has 128 valence electrons. The smallest absolute Gasteiger partial charge is 0.191 e. The minimum Gasteiger partial charge on any atom is -0.493 e. The fourth-order valence-electron chi connectivity index (χ4n) is 2.25. The third kappa shape index (κ3) is 4.70. The van der Waals surface area contributed by atoms with E-state index in [1.54, 1.807) is 24.2 Å². The van der Waals surface area contributed by atoms with Crippen molar-refractivity contribution in [2.24, 2.45) is 0 Å². The average molecular weight is 417 g/mol. The summed E-state index contributed by atoms with van der Waals surface area (Å²) in [4.78, 5) is 4.05. The molecule has 0 amide bonds. The number of benzene rings is 1. The Morgan fingerprint density at radius 3 is 2.80 bits per heavy atom.